The number of amides is 1. The van der Waals surface area contributed by atoms with E-state index in [1.54, 1.807) is 12.1 Å². The number of hydrogen-bond acceptors (Lipinski definition) is 2. The number of hydrogen-bond donors (Lipinski definition) is 2. The third-order valence-electron chi connectivity index (χ3n) is 3.56. The highest BCUT2D eigenvalue weighted by molar-refractivity contribution is 6.00. The van der Waals surface area contributed by atoms with E-state index in [1.807, 2.05) is 19.1 Å². The zero-order valence-electron chi connectivity index (χ0n) is 11.0. The molecule has 2 aromatic carbocycles. The second kappa shape index (κ2) is 4.72. The largest absolute Gasteiger partial charge is 0.384 e. The molecule has 0 aliphatic carbocycles. The zero-order valence-corrected chi connectivity index (χ0v) is 11.0. The zero-order chi connectivity index (χ0) is 14.3. The normalized spacial score (nSPS) is 14.8. The molecule has 4 heteroatoms. The molecule has 3 nitrogen and oxygen atoms in total. The highest BCUT2D eigenvalue weighted by Gasteiger charge is 2.22. The number of aliphatic hydroxyl groups excluding tert-OH is 1. The summed E-state index contributed by atoms with van der Waals surface area (Å²) in [6.07, 6.45) is -0.490. The number of anilines is 1. The average Bonchev–Trinajstić information content (AvgIpc) is 2.80. The first-order chi connectivity index (χ1) is 9.54. The first-order valence-corrected chi connectivity index (χ1v) is 6.41. The first kappa shape index (κ1) is 12.8. The Morgan fingerprint density at radius 2 is 1.90 bits per heavy atom. The average molecular weight is 271 g/mol. The summed E-state index contributed by atoms with van der Waals surface area (Å²) in [6.45, 7) is 1.89. The quantitative estimate of drug-likeness (QED) is 0.882. The van der Waals surface area contributed by atoms with Crippen LogP contribution in [0.15, 0.2) is 36.4 Å². The Labute approximate surface area is 116 Å². The van der Waals surface area contributed by atoms with Crippen molar-refractivity contribution in [2.45, 2.75) is 19.4 Å². The van der Waals surface area contributed by atoms with Gasteiger partial charge in [0.15, 0.2) is 0 Å². The van der Waals surface area contributed by atoms with Gasteiger partial charge in [-0.15, -0.1) is 0 Å². The fraction of sp³-hybridized carbons (Fsp3) is 0.188. The fourth-order valence-corrected chi connectivity index (χ4v) is 2.56. The van der Waals surface area contributed by atoms with Crippen LogP contribution in [0.2, 0.25) is 0 Å². The fourth-order valence-electron chi connectivity index (χ4n) is 2.56. The van der Waals surface area contributed by atoms with Crippen molar-refractivity contribution in [1.29, 1.82) is 0 Å². The van der Waals surface area contributed by atoms with Crippen molar-refractivity contribution in [3.63, 3.8) is 0 Å². The summed E-state index contributed by atoms with van der Waals surface area (Å²) in [5, 5.41) is 13.2. The minimum absolute atomic E-state index is 0.0310. The summed E-state index contributed by atoms with van der Waals surface area (Å²) < 4.78 is 12.9. The molecule has 0 fully saturated rings. The summed E-state index contributed by atoms with van der Waals surface area (Å²) in [6, 6.07) is 9.44. The summed E-state index contributed by atoms with van der Waals surface area (Å²) in [5.74, 6) is -0.364. The van der Waals surface area contributed by atoms with Gasteiger partial charge >= 0.3 is 0 Å². The van der Waals surface area contributed by atoms with Gasteiger partial charge in [0.25, 0.3) is 0 Å². The van der Waals surface area contributed by atoms with Gasteiger partial charge in [0, 0.05) is 5.69 Å². The van der Waals surface area contributed by atoms with Gasteiger partial charge in [-0.2, -0.15) is 0 Å². The molecule has 20 heavy (non-hydrogen) atoms. The van der Waals surface area contributed by atoms with Crippen molar-refractivity contribution in [2.24, 2.45) is 0 Å². The SMILES string of the molecule is Cc1cc(C(O)c2ccc(F)cc2)cc2c1NC(=O)C2. The number of rotatable bonds is 2. The van der Waals surface area contributed by atoms with Crippen LogP contribution in [0.25, 0.3) is 0 Å². The summed E-state index contributed by atoms with van der Waals surface area (Å²) in [4.78, 5) is 11.4. The number of carbonyl (C=O) groups is 1. The highest BCUT2D eigenvalue weighted by Crippen LogP contribution is 2.32. The lowest BCUT2D eigenvalue weighted by Crippen LogP contribution is -2.04. The van der Waals surface area contributed by atoms with Gasteiger partial charge < -0.3 is 10.4 Å². The van der Waals surface area contributed by atoms with E-state index in [2.05, 4.69) is 5.32 Å². The van der Waals surface area contributed by atoms with E-state index >= 15 is 0 Å². The molecule has 1 aliphatic rings. The third-order valence-corrected chi connectivity index (χ3v) is 3.56. The minimum Gasteiger partial charge on any atom is -0.384 e. The van der Waals surface area contributed by atoms with Crippen molar-refractivity contribution in [1.82, 2.24) is 0 Å². The van der Waals surface area contributed by atoms with Crippen LogP contribution >= 0.6 is 0 Å². The van der Waals surface area contributed by atoms with E-state index in [-0.39, 0.29) is 11.7 Å². The Bertz CT molecular complexity index is 680. The van der Waals surface area contributed by atoms with Gasteiger partial charge in [0.05, 0.1) is 6.42 Å². The summed E-state index contributed by atoms with van der Waals surface area (Å²) in [5.41, 5.74) is 3.99. The van der Waals surface area contributed by atoms with Gasteiger partial charge in [-0.1, -0.05) is 24.3 Å². The van der Waals surface area contributed by atoms with Crippen LogP contribution in [-0.2, 0) is 11.2 Å². The molecule has 0 spiro atoms. The van der Waals surface area contributed by atoms with Gasteiger partial charge in [0.1, 0.15) is 11.9 Å². The number of aryl methyl sites for hydroxylation is 1. The molecule has 3 rings (SSSR count). The van der Waals surface area contributed by atoms with Crippen LogP contribution in [0.4, 0.5) is 10.1 Å². The van der Waals surface area contributed by atoms with Gasteiger partial charge in [-0.05, 0) is 41.3 Å². The van der Waals surface area contributed by atoms with Crippen LogP contribution < -0.4 is 5.32 Å². The van der Waals surface area contributed by atoms with Crippen LogP contribution in [0.3, 0.4) is 0 Å². The number of carbonyl (C=O) groups excluding carboxylic acids is 1. The monoisotopic (exact) mass is 271 g/mol. The number of benzene rings is 2. The molecule has 1 aliphatic heterocycles. The van der Waals surface area contributed by atoms with E-state index in [0.29, 0.717) is 17.5 Å². The standard InChI is InChI=1S/C16H14FNO2/c1-9-6-12(7-11-8-14(19)18-15(9)11)16(20)10-2-4-13(17)5-3-10/h2-7,16,20H,8H2,1H3,(H,18,19). The molecular formula is C16H14FNO2. The number of halogens is 1. The molecule has 102 valence electrons. The molecule has 0 saturated heterocycles. The molecule has 0 saturated carbocycles. The number of fused-ring (bicyclic) bond motifs is 1. The Balaban J connectivity index is 1.99. The molecule has 2 aromatic rings. The maximum atomic E-state index is 12.9. The maximum Gasteiger partial charge on any atom is 0.228 e. The van der Waals surface area contributed by atoms with Gasteiger partial charge in [-0.3, -0.25) is 4.79 Å². The Kier molecular flexibility index (Phi) is 3.03. The number of aliphatic hydroxyl groups is 1. The topological polar surface area (TPSA) is 49.3 Å². The van der Waals surface area contributed by atoms with Crippen LogP contribution in [-0.4, -0.2) is 11.0 Å². The second-order valence-electron chi connectivity index (χ2n) is 5.05. The summed E-state index contributed by atoms with van der Waals surface area (Å²) >= 11 is 0. The molecule has 2 N–H and O–H groups in total. The van der Waals surface area contributed by atoms with Crippen molar-refractivity contribution >= 4 is 11.6 Å². The lowest BCUT2D eigenvalue weighted by atomic mass is 9.96. The van der Waals surface area contributed by atoms with Crippen LogP contribution in [0.5, 0.6) is 0 Å². The lowest BCUT2D eigenvalue weighted by molar-refractivity contribution is -0.115. The van der Waals surface area contributed by atoms with Crippen molar-refractivity contribution < 1.29 is 14.3 Å². The van der Waals surface area contributed by atoms with Crippen molar-refractivity contribution in [3.8, 4) is 0 Å². The predicted octanol–water partition coefficient (Wildman–Crippen LogP) is 2.71. The molecule has 0 radical (unpaired) electrons. The third kappa shape index (κ3) is 2.18. The smallest absolute Gasteiger partial charge is 0.228 e. The van der Waals surface area contributed by atoms with Gasteiger partial charge in [-0.25, -0.2) is 4.39 Å². The minimum atomic E-state index is -0.824. The first-order valence-electron chi connectivity index (χ1n) is 6.41. The summed E-state index contributed by atoms with van der Waals surface area (Å²) in [7, 11) is 0. The van der Waals surface area contributed by atoms with E-state index < -0.39 is 6.10 Å². The van der Waals surface area contributed by atoms with E-state index in [9.17, 15) is 14.3 Å². The second-order valence-corrected chi connectivity index (χ2v) is 5.05. The maximum absolute atomic E-state index is 12.9. The molecule has 1 unspecified atom stereocenters. The molecule has 0 bridgehead atoms. The van der Waals surface area contributed by atoms with E-state index in [4.69, 9.17) is 0 Å². The molecular weight excluding hydrogens is 257 g/mol. The molecule has 1 heterocycles. The Morgan fingerprint density at radius 1 is 1.20 bits per heavy atom. The van der Waals surface area contributed by atoms with E-state index in [0.717, 1.165) is 16.8 Å². The molecule has 1 amide bonds. The molecule has 0 aromatic heterocycles. The molecule has 1 atom stereocenters. The lowest BCUT2D eigenvalue weighted by Gasteiger charge is -2.14. The van der Waals surface area contributed by atoms with Crippen LogP contribution in [0, 0.1) is 12.7 Å². The van der Waals surface area contributed by atoms with E-state index in [1.165, 1.54) is 12.1 Å². The van der Waals surface area contributed by atoms with Crippen molar-refractivity contribution in [2.75, 3.05) is 5.32 Å². The number of nitrogens with one attached hydrogen (secondary N) is 1. The van der Waals surface area contributed by atoms with Gasteiger partial charge in [0.2, 0.25) is 5.91 Å². The Hall–Kier alpha value is -2.20. The highest BCUT2D eigenvalue weighted by atomic mass is 19.1. The van der Waals surface area contributed by atoms with Crippen molar-refractivity contribution in [3.05, 3.63) is 64.5 Å². The predicted molar refractivity (Wildman–Crippen MR) is 74.0 cm³/mol. The Morgan fingerprint density at radius 3 is 2.60 bits per heavy atom. The van der Waals surface area contributed by atoms with Crippen LogP contribution in [0.1, 0.15) is 28.4 Å².